The molecule has 0 unspecified atom stereocenters. The average Bonchev–Trinajstić information content (AvgIpc) is 2.73. The number of hydrogen-bond donors (Lipinski definition) is 2. The normalized spacial score (nSPS) is 11.3. The quantitative estimate of drug-likeness (QED) is 0.394. The summed E-state index contributed by atoms with van der Waals surface area (Å²) in [5, 5.41) is 5.74. The third kappa shape index (κ3) is 6.34. The van der Waals surface area contributed by atoms with Gasteiger partial charge in [0.2, 0.25) is 5.95 Å². The third-order valence-corrected chi connectivity index (χ3v) is 4.41. The monoisotopic (exact) mass is 430 g/mol. The zero-order valence-electron chi connectivity index (χ0n) is 17.5. The first-order valence-corrected chi connectivity index (χ1v) is 10.2. The van der Waals surface area contributed by atoms with E-state index >= 15 is 0 Å². The molecule has 31 heavy (non-hydrogen) atoms. The molecular formula is C23H25F3N4O. The number of nitrogens with zero attached hydrogens (tertiary/aromatic N) is 2. The molecule has 2 aromatic carbocycles. The fourth-order valence-electron chi connectivity index (χ4n) is 2.96. The smallest absolute Gasteiger partial charge is 0.421 e. The van der Waals surface area contributed by atoms with Gasteiger partial charge in [-0.1, -0.05) is 32.4 Å². The third-order valence-electron chi connectivity index (χ3n) is 4.41. The molecule has 8 heteroatoms. The van der Waals surface area contributed by atoms with E-state index < -0.39 is 11.7 Å². The second kappa shape index (κ2) is 10.1. The van der Waals surface area contributed by atoms with E-state index in [2.05, 4.69) is 20.6 Å². The van der Waals surface area contributed by atoms with Gasteiger partial charge in [-0.15, -0.1) is 0 Å². The molecule has 0 amide bonds. The van der Waals surface area contributed by atoms with Gasteiger partial charge in [-0.05, 0) is 54.8 Å². The van der Waals surface area contributed by atoms with E-state index in [1.54, 1.807) is 30.3 Å². The highest BCUT2D eigenvalue weighted by molar-refractivity contribution is 5.63. The maximum absolute atomic E-state index is 13.5. The predicted octanol–water partition coefficient (Wildman–Crippen LogP) is 6.72. The molecule has 164 valence electrons. The Morgan fingerprint density at radius 1 is 0.935 bits per heavy atom. The number of halogens is 3. The topological polar surface area (TPSA) is 59.1 Å². The van der Waals surface area contributed by atoms with Crippen LogP contribution in [-0.2, 0) is 12.6 Å². The van der Waals surface area contributed by atoms with Crippen LogP contribution in [0.15, 0.2) is 54.7 Å². The van der Waals surface area contributed by atoms with E-state index in [1.807, 2.05) is 32.0 Å². The van der Waals surface area contributed by atoms with Crippen LogP contribution >= 0.6 is 0 Å². The Morgan fingerprint density at radius 3 is 2.39 bits per heavy atom. The molecule has 0 aliphatic rings. The van der Waals surface area contributed by atoms with Gasteiger partial charge in [0, 0.05) is 17.6 Å². The van der Waals surface area contributed by atoms with Gasteiger partial charge in [0.25, 0.3) is 0 Å². The Morgan fingerprint density at radius 2 is 1.71 bits per heavy atom. The average molecular weight is 430 g/mol. The van der Waals surface area contributed by atoms with Crippen LogP contribution in [0.25, 0.3) is 0 Å². The Labute approximate surface area is 179 Å². The summed E-state index contributed by atoms with van der Waals surface area (Å²) in [6.07, 6.45) is -1.11. The van der Waals surface area contributed by atoms with Gasteiger partial charge in [0.05, 0.1) is 6.61 Å². The lowest BCUT2D eigenvalue weighted by atomic mass is 10.1. The first-order chi connectivity index (χ1) is 14.9. The van der Waals surface area contributed by atoms with Gasteiger partial charge >= 0.3 is 6.18 Å². The van der Waals surface area contributed by atoms with Gasteiger partial charge in [-0.2, -0.15) is 18.2 Å². The molecule has 0 radical (unpaired) electrons. The second-order valence-corrected chi connectivity index (χ2v) is 7.03. The van der Waals surface area contributed by atoms with Crippen molar-refractivity contribution >= 4 is 23.1 Å². The van der Waals surface area contributed by atoms with Crippen molar-refractivity contribution in [3.8, 4) is 5.75 Å². The molecule has 2 N–H and O–H groups in total. The molecule has 0 spiro atoms. The molecule has 0 fully saturated rings. The number of alkyl halides is 3. The van der Waals surface area contributed by atoms with Crippen LogP contribution in [-0.4, -0.2) is 16.6 Å². The van der Waals surface area contributed by atoms with Gasteiger partial charge in [0.1, 0.15) is 17.1 Å². The fraction of sp³-hybridized carbons (Fsp3) is 0.304. The Hall–Kier alpha value is -3.29. The van der Waals surface area contributed by atoms with Crippen molar-refractivity contribution < 1.29 is 17.9 Å². The van der Waals surface area contributed by atoms with Crippen LogP contribution in [0.3, 0.4) is 0 Å². The standard InChI is InChI=1S/C23H25F3N4O/c1-3-6-16-7-5-8-18(14-16)28-21-20(23(24,25)26)15-27-22(30-21)29-17-9-11-19(12-10-17)31-13-4-2/h5,7-12,14-15H,3-4,6,13H2,1-2H3,(H2,27,28,29,30). The summed E-state index contributed by atoms with van der Waals surface area (Å²) < 4.78 is 46.0. The SMILES string of the molecule is CCCOc1ccc(Nc2ncc(C(F)(F)F)c(Nc3cccc(CCC)c3)n2)cc1. The van der Waals surface area contributed by atoms with Gasteiger partial charge in [-0.3, -0.25) is 0 Å². The minimum absolute atomic E-state index is 0.0578. The van der Waals surface area contributed by atoms with Gasteiger partial charge < -0.3 is 15.4 Å². The Bertz CT molecular complexity index is 991. The molecule has 1 aromatic heterocycles. The zero-order valence-corrected chi connectivity index (χ0v) is 17.5. The van der Waals surface area contributed by atoms with Gasteiger partial charge in [0.15, 0.2) is 0 Å². The van der Waals surface area contributed by atoms with Crippen molar-refractivity contribution in [3.05, 3.63) is 65.9 Å². The lowest BCUT2D eigenvalue weighted by Crippen LogP contribution is -2.12. The van der Waals surface area contributed by atoms with Crippen LogP contribution < -0.4 is 15.4 Å². The highest BCUT2D eigenvalue weighted by Gasteiger charge is 2.35. The van der Waals surface area contributed by atoms with Crippen molar-refractivity contribution in [2.75, 3.05) is 17.2 Å². The lowest BCUT2D eigenvalue weighted by molar-refractivity contribution is -0.137. The molecule has 0 aliphatic heterocycles. The molecule has 0 saturated carbocycles. The van der Waals surface area contributed by atoms with Crippen molar-refractivity contribution in [1.82, 2.24) is 9.97 Å². The summed E-state index contributed by atoms with van der Waals surface area (Å²) in [5.41, 5.74) is 1.29. The van der Waals surface area contributed by atoms with Crippen LogP contribution in [0.2, 0.25) is 0 Å². The highest BCUT2D eigenvalue weighted by atomic mass is 19.4. The summed E-state index contributed by atoms with van der Waals surface area (Å²) in [6.45, 7) is 4.68. The largest absolute Gasteiger partial charge is 0.494 e. The fourth-order valence-corrected chi connectivity index (χ4v) is 2.96. The van der Waals surface area contributed by atoms with Crippen LogP contribution in [0.1, 0.15) is 37.8 Å². The van der Waals surface area contributed by atoms with Gasteiger partial charge in [-0.25, -0.2) is 4.98 Å². The molecule has 1 heterocycles. The van der Waals surface area contributed by atoms with Crippen LogP contribution in [0.4, 0.5) is 36.3 Å². The Kier molecular flexibility index (Phi) is 7.33. The zero-order chi connectivity index (χ0) is 22.3. The number of aromatic nitrogens is 2. The number of aryl methyl sites for hydroxylation is 1. The Balaban J connectivity index is 1.84. The maximum atomic E-state index is 13.5. The number of nitrogens with one attached hydrogen (secondary N) is 2. The first-order valence-electron chi connectivity index (χ1n) is 10.2. The molecule has 0 atom stereocenters. The van der Waals surface area contributed by atoms with E-state index in [0.29, 0.717) is 18.0 Å². The predicted molar refractivity (Wildman–Crippen MR) is 116 cm³/mol. The molecule has 3 aromatic rings. The van der Waals surface area contributed by atoms with Crippen molar-refractivity contribution in [3.63, 3.8) is 0 Å². The molecule has 3 rings (SSSR count). The number of anilines is 4. The number of benzene rings is 2. The summed E-state index contributed by atoms with van der Waals surface area (Å²) in [7, 11) is 0. The van der Waals surface area contributed by atoms with E-state index in [1.165, 1.54) is 0 Å². The van der Waals surface area contributed by atoms with E-state index in [0.717, 1.165) is 36.8 Å². The minimum atomic E-state index is -4.58. The molecule has 0 bridgehead atoms. The first kappa shape index (κ1) is 22.4. The van der Waals surface area contributed by atoms with Crippen molar-refractivity contribution in [2.45, 2.75) is 39.3 Å². The molecule has 0 aliphatic carbocycles. The van der Waals surface area contributed by atoms with Crippen LogP contribution in [0, 0.1) is 0 Å². The maximum Gasteiger partial charge on any atom is 0.421 e. The van der Waals surface area contributed by atoms with Crippen molar-refractivity contribution in [2.24, 2.45) is 0 Å². The number of rotatable bonds is 9. The number of ether oxygens (including phenoxy) is 1. The lowest BCUT2D eigenvalue weighted by Gasteiger charge is -2.15. The molecule has 5 nitrogen and oxygen atoms in total. The minimum Gasteiger partial charge on any atom is -0.494 e. The highest BCUT2D eigenvalue weighted by Crippen LogP contribution is 2.35. The van der Waals surface area contributed by atoms with E-state index in [9.17, 15) is 13.2 Å². The summed E-state index contributed by atoms with van der Waals surface area (Å²) in [4.78, 5) is 7.94. The van der Waals surface area contributed by atoms with E-state index in [4.69, 9.17) is 4.74 Å². The second-order valence-electron chi connectivity index (χ2n) is 7.03. The molecular weight excluding hydrogens is 405 g/mol. The molecule has 0 saturated heterocycles. The van der Waals surface area contributed by atoms with E-state index in [-0.39, 0.29) is 11.8 Å². The van der Waals surface area contributed by atoms with Crippen LogP contribution in [0.5, 0.6) is 5.75 Å². The summed E-state index contributed by atoms with van der Waals surface area (Å²) in [5.74, 6) is 0.471. The summed E-state index contributed by atoms with van der Waals surface area (Å²) in [6, 6.07) is 14.4. The van der Waals surface area contributed by atoms with Crippen molar-refractivity contribution in [1.29, 1.82) is 0 Å². The number of hydrogen-bond acceptors (Lipinski definition) is 5. The summed E-state index contributed by atoms with van der Waals surface area (Å²) >= 11 is 0.